The number of fused-ring (bicyclic) bond motifs is 1. The highest BCUT2D eigenvalue weighted by Gasteiger charge is 2.48. The number of methoxy groups -OCH3 is 1. The fourth-order valence-electron chi connectivity index (χ4n) is 4.73. The molecule has 1 aromatic carbocycles. The number of aromatic amines is 1. The van der Waals surface area contributed by atoms with Crippen LogP contribution < -0.4 is 9.64 Å². The van der Waals surface area contributed by atoms with Gasteiger partial charge in [0.2, 0.25) is 11.8 Å². The Hall–Kier alpha value is -3.09. The SMILES string of the molecule is COc1cncc(N2CCC3(CCN(Cc4c[nH]c5ccccc45)C3=O)CC2)n1. The van der Waals surface area contributed by atoms with Gasteiger partial charge in [-0.1, -0.05) is 18.2 Å². The minimum absolute atomic E-state index is 0.227. The predicted octanol–water partition coefficient (Wildman–Crippen LogP) is 2.99. The number of hydrogen-bond acceptors (Lipinski definition) is 5. The third-order valence-electron chi connectivity index (χ3n) is 6.49. The van der Waals surface area contributed by atoms with Crippen LogP contribution in [0.2, 0.25) is 0 Å². The molecule has 0 unspecified atom stereocenters. The summed E-state index contributed by atoms with van der Waals surface area (Å²) in [6.45, 7) is 3.13. The molecule has 2 aromatic heterocycles. The second-order valence-electron chi connectivity index (χ2n) is 8.02. The van der Waals surface area contributed by atoms with Gasteiger partial charge in [0.05, 0.1) is 24.9 Å². The molecule has 2 saturated heterocycles. The topological polar surface area (TPSA) is 74.3 Å². The Balaban J connectivity index is 1.27. The van der Waals surface area contributed by atoms with E-state index in [1.54, 1.807) is 19.5 Å². The van der Waals surface area contributed by atoms with Crippen LogP contribution in [0.5, 0.6) is 5.88 Å². The average molecular weight is 391 g/mol. The van der Waals surface area contributed by atoms with Gasteiger partial charge < -0.3 is 19.5 Å². The van der Waals surface area contributed by atoms with Crippen molar-refractivity contribution in [1.82, 2.24) is 19.9 Å². The molecular weight excluding hydrogens is 366 g/mol. The molecule has 29 heavy (non-hydrogen) atoms. The van der Waals surface area contributed by atoms with Gasteiger partial charge in [-0.2, -0.15) is 4.98 Å². The number of nitrogens with one attached hydrogen (secondary N) is 1. The number of amides is 1. The Kier molecular flexibility index (Phi) is 4.38. The molecule has 2 fully saturated rings. The fraction of sp³-hybridized carbons (Fsp3) is 0.409. The van der Waals surface area contributed by atoms with Crippen LogP contribution in [0.3, 0.4) is 0 Å². The molecule has 2 aliphatic rings. The quantitative estimate of drug-likeness (QED) is 0.740. The molecule has 7 nitrogen and oxygen atoms in total. The number of anilines is 1. The highest BCUT2D eigenvalue weighted by Crippen LogP contribution is 2.43. The molecule has 0 aliphatic carbocycles. The molecule has 1 amide bonds. The zero-order chi connectivity index (χ0) is 19.8. The lowest BCUT2D eigenvalue weighted by Gasteiger charge is -2.38. The third kappa shape index (κ3) is 3.10. The van der Waals surface area contributed by atoms with Gasteiger partial charge in [-0.25, -0.2) is 0 Å². The molecule has 1 spiro atoms. The number of hydrogen-bond donors (Lipinski definition) is 1. The van der Waals surface area contributed by atoms with Gasteiger partial charge >= 0.3 is 0 Å². The van der Waals surface area contributed by atoms with Crippen LogP contribution in [0.25, 0.3) is 10.9 Å². The van der Waals surface area contributed by atoms with E-state index in [4.69, 9.17) is 4.74 Å². The van der Waals surface area contributed by atoms with Crippen molar-refractivity contribution in [2.75, 3.05) is 31.6 Å². The first-order valence-electron chi connectivity index (χ1n) is 10.1. The molecule has 7 heteroatoms. The Morgan fingerprint density at radius 3 is 2.76 bits per heavy atom. The number of aromatic nitrogens is 3. The summed E-state index contributed by atoms with van der Waals surface area (Å²) in [5.74, 6) is 1.64. The highest BCUT2D eigenvalue weighted by molar-refractivity contribution is 5.87. The maximum Gasteiger partial charge on any atom is 0.233 e. The molecule has 150 valence electrons. The van der Waals surface area contributed by atoms with E-state index in [0.29, 0.717) is 18.3 Å². The zero-order valence-electron chi connectivity index (χ0n) is 16.6. The molecule has 0 radical (unpaired) electrons. The largest absolute Gasteiger partial charge is 0.480 e. The lowest BCUT2D eigenvalue weighted by Crippen LogP contribution is -2.44. The van der Waals surface area contributed by atoms with Crippen LogP contribution in [0.4, 0.5) is 5.82 Å². The van der Waals surface area contributed by atoms with Crippen molar-refractivity contribution in [1.29, 1.82) is 0 Å². The van der Waals surface area contributed by atoms with Crippen LogP contribution >= 0.6 is 0 Å². The van der Waals surface area contributed by atoms with Crippen molar-refractivity contribution in [3.05, 3.63) is 48.4 Å². The first-order valence-corrected chi connectivity index (χ1v) is 10.1. The third-order valence-corrected chi connectivity index (χ3v) is 6.49. The van der Waals surface area contributed by atoms with Crippen molar-refractivity contribution in [3.8, 4) is 5.88 Å². The van der Waals surface area contributed by atoms with Crippen LogP contribution in [-0.4, -0.2) is 52.5 Å². The number of ether oxygens (including phenoxy) is 1. The second-order valence-corrected chi connectivity index (χ2v) is 8.02. The predicted molar refractivity (Wildman–Crippen MR) is 111 cm³/mol. The van der Waals surface area contributed by atoms with E-state index in [2.05, 4.69) is 32.0 Å². The molecule has 5 rings (SSSR count). The first-order chi connectivity index (χ1) is 14.2. The van der Waals surface area contributed by atoms with Gasteiger partial charge in [0, 0.05) is 43.3 Å². The van der Waals surface area contributed by atoms with E-state index >= 15 is 0 Å². The summed E-state index contributed by atoms with van der Waals surface area (Å²) < 4.78 is 5.19. The van der Waals surface area contributed by atoms with E-state index in [0.717, 1.165) is 50.2 Å². The van der Waals surface area contributed by atoms with Crippen LogP contribution in [0, 0.1) is 5.41 Å². The van der Waals surface area contributed by atoms with Gasteiger partial charge in [-0.15, -0.1) is 0 Å². The summed E-state index contributed by atoms with van der Waals surface area (Å²) in [4.78, 5) is 29.6. The van der Waals surface area contributed by atoms with Crippen molar-refractivity contribution >= 4 is 22.6 Å². The number of carbonyl (C=O) groups is 1. The summed E-state index contributed by atoms with van der Waals surface area (Å²) in [5.41, 5.74) is 2.08. The van der Waals surface area contributed by atoms with Gasteiger partial charge in [-0.05, 0) is 30.9 Å². The fourth-order valence-corrected chi connectivity index (χ4v) is 4.73. The number of likely N-dealkylation sites (tertiary alicyclic amines) is 1. The van der Waals surface area contributed by atoms with Gasteiger partial charge in [0.15, 0.2) is 5.82 Å². The summed E-state index contributed by atoms with van der Waals surface area (Å²) in [6.07, 6.45) is 8.06. The zero-order valence-corrected chi connectivity index (χ0v) is 16.6. The molecule has 0 saturated carbocycles. The number of para-hydroxylation sites is 1. The Bertz CT molecular complexity index is 1040. The van der Waals surface area contributed by atoms with Gasteiger partial charge in [0.25, 0.3) is 0 Å². The van der Waals surface area contributed by atoms with Crippen molar-refractivity contribution in [2.45, 2.75) is 25.8 Å². The molecule has 0 bridgehead atoms. The maximum absolute atomic E-state index is 13.3. The molecule has 2 aliphatic heterocycles. The molecule has 0 atom stereocenters. The van der Waals surface area contributed by atoms with E-state index in [1.807, 2.05) is 23.2 Å². The van der Waals surface area contributed by atoms with Gasteiger partial charge in [-0.3, -0.25) is 9.78 Å². The molecular formula is C22H25N5O2. The van der Waals surface area contributed by atoms with E-state index < -0.39 is 0 Å². The molecule has 1 N–H and O–H groups in total. The number of rotatable bonds is 4. The number of carbonyl (C=O) groups excluding carboxylic acids is 1. The van der Waals surface area contributed by atoms with Gasteiger partial charge in [0.1, 0.15) is 0 Å². The lowest BCUT2D eigenvalue weighted by molar-refractivity contribution is -0.137. The van der Waals surface area contributed by atoms with Crippen molar-refractivity contribution in [2.24, 2.45) is 5.41 Å². The normalized spacial score (nSPS) is 18.7. The minimum atomic E-state index is -0.227. The summed E-state index contributed by atoms with van der Waals surface area (Å²) in [6, 6.07) is 8.26. The average Bonchev–Trinajstić information content (AvgIpc) is 3.31. The summed E-state index contributed by atoms with van der Waals surface area (Å²) in [5, 5.41) is 1.20. The number of piperidine rings is 1. The van der Waals surface area contributed by atoms with E-state index in [9.17, 15) is 4.79 Å². The maximum atomic E-state index is 13.3. The number of H-pyrrole nitrogens is 1. The van der Waals surface area contributed by atoms with E-state index in [-0.39, 0.29) is 5.41 Å². The summed E-state index contributed by atoms with van der Waals surface area (Å²) in [7, 11) is 1.60. The highest BCUT2D eigenvalue weighted by atomic mass is 16.5. The number of benzene rings is 1. The Morgan fingerprint density at radius 2 is 1.93 bits per heavy atom. The van der Waals surface area contributed by atoms with E-state index in [1.165, 1.54) is 10.9 Å². The Morgan fingerprint density at radius 1 is 1.14 bits per heavy atom. The van der Waals surface area contributed by atoms with Crippen molar-refractivity contribution < 1.29 is 9.53 Å². The van der Waals surface area contributed by atoms with Crippen LogP contribution in [0.1, 0.15) is 24.8 Å². The smallest absolute Gasteiger partial charge is 0.233 e. The second kappa shape index (κ2) is 7.06. The molecule has 4 heterocycles. The monoisotopic (exact) mass is 391 g/mol. The Labute approximate surface area is 169 Å². The van der Waals surface area contributed by atoms with Crippen LogP contribution in [0.15, 0.2) is 42.9 Å². The molecule has 3 aromatic rings. The standard InChI is InChI=1S/C22H25N5O2/c1-29-20-14-23-13-19(25-20)26-9-6-22(7-10-26)8-11-27(21(22)28)15-16-12-24-18-5-3-2-4-17(16)18/h2-5,12-14,24H,6-11,15H2,1H3. The first kappa shape index (κ1) is 18.0. The van der Waals surface area contributed by atoms with Crippen molar-refractivity contribution in [3.63, 3.8) is 0 Å². The van der Waals surface area contributed by atoms with Crippen LogP contribution in [-0.2, 0) is 11.3 Å². The lowest BCUT2D eigenvalue weighted by atomic mass is 9.77. The minimum Gasteiger partial charge on any atom is -0.480 e. The summed E-state index contributed by atoms with van der Waals surface area (Å²) >= 11 is 0. The number of nitrogens with zero attached hydrogens (tertiary/aromatic N) is 4.